The third-order valence-electron chi connectivity index (χ3n) is 3.81. The third-order valence-corrected chi connectivity index (χ3v) is 3.81. The van der Waals surface area contributed by atoms with E-state index in [1.807, 2.05) is 0 Å². The van der Waals surface area contributed by atoms with Crippen molar-refractivity contribution < 1.29 is 0 Å². The molecule has 2 aromatic rings. The number of benzene rings is 1. The molecule has 1 aliphatic heterocycles. The largest absolute Gasteiger partial charge is 0.356 e. The van der Waals surface area contributed by atoms with E-state index in [0.717, 1.165) is 31.4 Å². The molecule has 3 heteroatoms. The van der Waals surface area contributed by atoms with Crippen LogP contribution in [0.25, 0.3) is 10.9 Å². The molecule has 3 rings (SSSR count). The molecule has 2 heterocycles. The number of hydrogen-bond donors (Lipinski definition) is 1. The van der Waals surface area contributed by atoms with Crippen LogP contribution in [0.3, 0.4) is 0 Å². The summed E-state index contributed by atoms with van der Waals surface area (Å²) in [6, 6.07) is 10.9. The van der Waals surface area contributed by atoms with Crippen molar-refractivity contribution in [1.82, 2.24) is 4.98 Å². The van der Waals surface area contributed by atoms with Gasteiger partial charge in [-0.2, -0.15) is 0 Å². The second-order valence-electron chi connectivity index (χ2n) is 5.52. The lowest BCUT2D eigenvalue weighted by molar-refractivity contribution is 0.607. The molecule has 1 unspecified atom stereocenters. The zero-order valence-corrected chi connectivity index (χ0v) is 11.5. The molecule has 1 atom stereocenters. The van der Waals surface area contributed by atoms with Gasteiger partial charge in [-0.1, -0.05) is 18.2 Å². The fourth-order valence-corrected chi connectivity index (χ4v) is 2.75. The van der Waals surface area contributed by atoms with Crippen LogP contribution in [0.5, 0.6) is 0 Å². The Balaban J connectivity index is 1.96. The number of nitrogens with two attached hydrogens (primary N) is 1. The summed E-state index contributed by atoms with van der Waals surface area (Å²) < 4.78 is 0. The molecular formula is C16H21N3. The first-order valence-corrected chi connectivity index (χ1v) is 7.13. The van der Waals surface area contributed by atoms with Crippen LogP contribution >= 0.6 is 0 Å². The maximum Gasteiger partial charge on any atom is 0.132 e. The van der Waals surface area contributed by atoms with E-state index in [4.69, 9.17) is 10.7 Å². The zero-order chi connectivity index (χ0) is 13.2. The van der Waals surface area contributed by atoms with Gasteiger partial charge in [0.25, 0.3) is 0 Å². The van der Waals surface area contributed by atoms with Crippen LogP contribution in [-0.4, -0.2) is 24.1 Å². The van der Waals surface area contributed by atoms with E-state index in [0.29, 0.717) is 0 Å². The Morgan fingerprint density at radius 2 is 2.21 bits per heavy atom. The average molecular weight is 255 g/mol. The topological polar surface area (TPSA) is 42.1 Å². The monoisotopic (exact) mass is 255 g/mol. The highest BCUT2D eigenvalue weighted by molar-refractivity contribution is 5.82. The molecule has 3 nitrogen and oxygen atoms in total. The Hall–Kier alpha value is -1.61. The molecule has 0 aliphatic carbocycles. The first-order chi connectivity index (χ1) is 9.24. The van der Waals surface area contributed by atoms with Gasteiger partial charge in [0.05, 0.1) is 5.52 Å². The summed E-state index contributed by atoms with van der Waals surface area (Å²) in [6.45, 7) is 4.18. The van der Waals surface area contributed by atoms with Crippen LogP contribution < -0.4 is 10.6 Å². The molecule has 0 bridgehead atoms. The molecular weight excluding hydrogens is 234 g/mol. The quantitative estimate of drug-likeness (QED) is 0.917. The van der Waals surface area contributed by atoms with Crippen LogP contribution in [-0.2, 0) is 6.42 Å². The van der Waals surface area contributed by atoms with Crippen molar-refractivity contribution in [3.8, 4) is 0 Å². The van der Waals surface area contributed by atoms with Gasteiger partial charge in [0, 0.05) is 24.5 Å². The number of pyridine rings is 1. The van der Waals surface area contributed by atoms with Gasteiger partial charge in [-0.05, 0) is 43.9 Å². The smallest absolute Gasteiger partial charge is 0.132 e. The number of rotatable bonds is 3. The average Bonchev–Trinajstić information content (AvgIpc) is 2.42. The van der Waals surface area contributed by atoms with Gasteiger partial charge in [0.15, 0.2) is 0 Å². The van der Waals surface area contributed by atoms with Crippen LogP contribution in [0.4, 0.5) is 5.82 Å². The van der Waals surface area contributed by atoms with Crippen LogP contribution in [0.2, 0.25) is 0 Å². The summed E-state index contributed by atoms with van der Waals surface area (Å²) in [5, 5.41) is 1.25. The highest BCUT2D eigenvalue weighted by Gasteiger charge is 2.19. The van der Waals surface area contributed by atoms with Gasteiger partial charge >= 0.3 is 0 Å². The molecule has 2 N–H and O–H groups in total. The molecule has 0 saturated heterocycles. The van der Waals surface area contributed by atoms with Crippen LogP contribution in [0.1, 0.15) is 25.3 Å². The maximum atomic E-state index is 5.87. The van der Waals surface area contributed by atoms with E-state index in [1.165, 1.54) is 23.2 Å². The number of fused-ring (bicyclic) bond motifs is 2. The van der Waals surface area contributed by atoms with Crippen molar-refractivity contribution >= 4 is 16.7 Å². The number of hydrogen-bond acceptors (Lipinski definition) is 3. The van der Waals surface area contributed by atoms with Gasteiger partial charge in [-0.25, -0.2) is 4.98 Å². The summed E-state index contributed by atoms with van der Waals surface area (Å²) >= 11 is 0. The standard InChI is InChI=1S/C16H21N3/c1-12(17)8-10-19-9-4-6-14-11-13-5-2-3-7-15(13)18-16(14)19/h2-3,5,7,11-12H,4,6,8-10,17H2,1H3. The SMILES string of the molecule is CC(N)CCN1CCCc2cc3ccccc3nc21. The molecule has 0 fully saturated rings. The molecule has 0 radical (unpaired) electrons. The van der Waals surface area contributed by atoms with Crippen LogP contribution in [0.15, 0.2) is 30.3 Å². The van der Waals surface area contributed by atoms with Crippen molar-refractivity contribution in [1.29, 1.82) is 0 Å². The second kappa shape index (κ2) is 5.17. The molecule has 1 aliphatic rings. The molecule has 100 valence electrons. The summed E-state index contributed by atoms with van der Waals surface area (Å²) in [5.41, 5.74) is 8.35. The van der Waals surface area contributed by atoms with E-state index in [-0.39, 0.29) is 6.04 Å². The number of aromatic nitrogens is 1. The fourth-order valence-electron chi connectivity index (χ4n) is 2.75. The van der Waals surface area contributed by atoms with Gasteiger partial charge in [-0.15, -0.1) is 0 Å². The first-order valence-electron chi connectivity index (χ1n) is 7.13. The van der Waals surface area contributed by atoms with E-state index >= 15 is 0 Å². The number of nitrogens with zero attached hydrogens (tertiary/aromatic N) is 2. The molecule has 1 aromatic carbocycles. The van der Waals surface area contributed by atoms with Gasteiger partial charge in [0.2, 0.25) is 0 Å². The molecule has 19 heavy (non-hydrogen) atoms. The van der Waals surface area contributed by atoms with E-state index < -0.39 is 0 Å². The normalized spacial score (nSPS) is 16.4. The minimum Gasteiger partial charge on any atom is -0.356 e. The first kappa shape index (κ1) is 12.4. The van der Waals surface area contributed by atoms with E-state index in [2.05, 4.69) is 42.2 Å². The van der Waals surface area contributed by atoms with Crippen molar-refractivity contribution in [2.24, 2.45) is 5.73 Å². The lowest BCUT2D eigenvalue weighted by Crippen LogP contribution is -2.34. The zero-order valence-electron chi connectivity index (χ0n) is 11.5. The Morgan fingerprint density at radius 3 is 3.05 bits per heavy atom. The Bertz CT molecular complexity index is 577. The Labute approximate surface area is 114 Å². The van der Waals surface area contributed by atoms with Gasteiger partial charge in [0.1, 0.15) is 5.82 Å². The van der Waals surface area contributed by atoms with E-state index in [9.17, 15) is 0 Å². The van der Waals surface area contributed by atoms with Crippen LogP contribution in [0, 0.1) is 0 Å². The molecule has 1 aromatic heterocycles. The Kier molecular flexibility index (Phi) is 3.38. The minimum atomic E-state index is 0.255. The molecule has 0 saturated carbocycles. The van der Waals surface area contributed by atoms with Crippen molar-refractivity contribution in [2.45, 2.75) is 32.2 Å². The number of anilines is 1. The lowest BCUT2D eigenvalue weighted by atomic mass is 10.0. The van der Waals surface area contributed by atoms with Crippen molar-refractivity contribution in [2.75, 3.05) is 18.0 Å². The summed E-state index contributed by atoms with van der Waals surface area (Å²) in [5.74, 6) is 1.17. The van der Waals surface area contributed by atoms with Gasteiger partial charge < -0.3 is 10.6 Å². The fraction of sp³-hybridized carbons (Fsp3) is 0.438. The van der Waals surface area contributed by atoms with E-state index in [1.54, 1.807) is 0 Å². The molecule has 0 amide bonds. The number of aryl methyl sites for hydroxylation is 1. The Morgan fingerprint density at radius 1 is 1.37 bits per heavy atom. The minimum absolute atomic E-state index is 0.255. The van der Waals surface area contributed by atoms with Crippen molar-refractivity contribution in [3.63, 3.8) is 0 Å². The lowest BCUT2D eigenvalue weighted by Gasteiger charge is -2.31. The maximum absolute atomic E-state index is 5.87. The predicted molar refractivity (Wildman–Crippen MR) is 80.5 cm³/mol. The van der Waals surface area contributed by atoms with Gasteiger partial charge in [-0.3, -0.25) is 0 Å². The highest BCUT2D eigenvalue weighted by Crippen LogP contribution is 2.28. The van der Waals surface area contributed by atoms with Crippen molar-refractivity contribution in [3.05, 3.63) is 35.9 Å². The second-order valence-corrected chi connectivity index (χ2v) is 5.52. The molecule has 0 spiro atoms. The number of para-hydroxylation sites is 1. The summed E-state index contributed by atoms with van der Waals surface area (Å²) in [4.78, 5) is 7.26. The highest BCUT2D eigenvalue weighted by atomic mass is 15.2. The third kappa shape index (κ3) is 2.56. The summed E-state index contributed by atoms with van der Waals surface area (Å²) in [6.07, 6.45) is 3.38. The summed E-state index contributed by atoms with van der Waals surface area (Å²) in [7, 11) is 0. The predicted octanol–water partition coefficient (Wildman–Crippen LogP) is 2.72.